The van der Waals surface area contributed by atoms with Gasteiger partial charge in [0.25, 0.3) is 0 Å². The molecule has 1 heterocycles. The van der Waals surface area contributed by atoms with Crippen molar-refractivity contribution < 1.29 is 37.3 Å². The fourth-order valence-corrected chi connectivity index (χ4v) is 2.91. The number of likely N-dealkylation sites (tertiary alicyclic amines) is 1. The average Bonchev–Trinajstić information content (AvgIpc) is 2.89. The highest BCUT2D eigenvalue weighted by Crippen LogP contribution is 2.35. The Morgan fingerprint density at radius 3 is 2.54 bits per heavy atom. The van der Waals surface area contributed by atoms with Gasteiger partial charge in [-0.25, -0.2) is 9.59 Å². The van der Waals surface area contributed by atoms with E-state index in [9.17, 15) is 22.8 Å². The van der Waals surface area contributed by atoms with Crippen molar-refractivity contribution >= 4 is 28.0 Å². The van der Waals surface area contributed by atoms with E-state index in [4.69, 9.17) is 9.84 Å². The molecule has 1 N–H and O–H groups in total. The first-order valence-electron chi connectivity index (χ1n) is 6.73. The number of ether oxygens (including phenoxy) is 2. The van der Waals surface area contributed by atoms with Gasteiger partial charge in [0.1, 0.15) is 17.9 Å². The van der Waals surface area contributed by atoms with Crippen LogP contribution in [0.2, 0.25) is 0 Å². The lowest BCUT2D eigenvalue weighted by atomic mass is 10.2. The molecule has 10 heteroatoms. The van der Waals surface area contributed by atoms with Crippen molar-refractivity contribution in [3.05, 3.63) is 28.2 Å². The lowest BCUT2D eigenvalue weighted by Gasteiger charge is -2.18. The van der Waals surface area contributed by atoms with Crippen molar-refractivity contribution in [2.24, 2.45) is 0 Å². The number of rotatable bonds is 3. The van der Waals surface area contributed by atoms with Crippen LogP contribution in [0.4, 0.5) is 18.0 Å². The molecule has 1 aromatic carbocycles. The van der Waals surface area contributed by atoms with Crippen LogP contribution in [0, 0.1) is 0 Å². The molecule has 1 aromatic rings. The van der Waals surface area contributed by atoms with Crippen molar-refractivity contribution in [3.8, 4) is 5.75 Å². The van der Waals surface area contributed by atoms with E-state index in [1.54, 1.807) is 0 Å². The van der Waals surface area contributed by atoms with Gasteiger partial charge >= 0.3 is 18.2 Å². The zero-order chi connectivity index (χ0) is 18.1. The van der Waals surface area contributed by atoms with Crippen molar-refractivity contribution in [1.82, 2.24) is 4.90 Å². The first-order valence-corrected chi connectivity index (χ1v) is 7.53. The van der Waals surface area contributed by atoms with Crippen molar-refractivity contribution in [3.63, 3.8) is 0 Å². The standard InChI is InChI=1S/C14H13BrF3NO5/c1-23-12(20)11-5-10(6-19(11)13(21)22)24-9-3-7(14(16,17)18)2-8(15)4-9/h2-4,10-11H,5-6H2,1H3,(H,21,22)/t10-,11-/m0/s1. The molecule has 0 aromatic heterocycles. The quantitative estimate of drug-likeness (QED) is 0.773. The molecule has 6 nitrogen and oxygen atoms in total. The molecule has 0 aliphatic carbocycles. The summed E-state index contributed by atoms with van der Waals surface area (Å²) < 4.78 is 48.6. The number of carbonyl (C=O) groups excluding carboxylic acids is 1. The smallest absolute Gasteiger partial charge is 0.416 e. The van der Waals surface area contributed by atoms with Crippen molar-refractivity contribution in [2.45, 2.75) is 24.7 Å². The first-order chi connectivity index (χ1) is 11.1. The molecular formula is C14H13BrF3NO5. The maximum absolute atomic E-state index is 12.8. The van der Waals surface area contributed by atoms with Gasteiger partial charge in [0.15, 0.2) is 0 Å². The molecule has 132 valence electrons. The number of amides is 1. The lowest BCUT2D eigenvalue weighted by molar-refractivity contribution is -0.145. The maximum Gasteiger partial charge on any atom is 0.416 e. The number of esters is 1. The summed E-state index contributed by atoms with van der Waals surface area (Å²) in [4.78, 5) is 23.7. The fraction of sp³-hybridized carbons (Fsp3) is 0.429. The summed E-state index contributed by atoms with van der Waals surface area (Å²) in [6.45, 7) is -0.150. The van der Waals surface area contributed by atoms with E-state index in [1.807, 2.05) is 0 Å². The van der Waals surface area contributed by atoms with Crippen molar-refractivity contribution in [2.75, 3.05) is 13.7 Å². The minimum absolute atomic E-state index is 0.00711. The lowest BCUT2D eigenvalue weighted by Crippen LogP contribution is -2.40. The van der Waals surface area contributed by atoms with E-state index in [0.29, 0.717) is 0 Å². The highest BCUT2D eigenvalue weighted by Gasteiger charge is 2.42. The van der Waals surface area contributed by atoms with E-state index < -0.39 is 35.9 Å². The summed E-state index contributed by atoms with van der Waals surface area (Å²) in [6.07, 6.45) is -6.64. The second-order valence-corrected chi connectivity index (χ2v) is 6.04. The number of methoxy groups -OCH3 is 1. The number of carbonyl (C=O) groups is 2. The van der Waals surface area contributed by atoms with E-state index >= 15 is 0 Å². The molecule has 1 amide bonds. The van der Waals surface area contributed by atoms with Gasteiger partial charge in [-0.1, -0.05) is 15.9 Å². The zero-order valence-corrected chi connectivity index (χ0v) is 13.9. The Labute approximate surface area is 143 Å². The summed E-state index contributed by atoms with van der Waals surface area (Å²) in [5, 5.41) is 9.11. The van der Waals surface area contributed by atoms with Crippen LogP contribution in [0.1, 0.15) is 12.0 Å². The Morgan fingerprint density at radius 1 is 1.33 bits per heavy atom. The van der Waals surface area contributed by atoms with Crippen LogP contribution in [-0.2, 0) is 15.7 Å². The summed E-state index contributed by atoms with van der Waals surface area (Å²) in [6, 6.07) is 2.02. The summed E-state index contributed by atoms with van der Waals surface area (Å²) in [7, 11) is 1.13. The SMILES string of the molecule is COC(=O)[C@@H]1C[C@H](Oc2cc(Br)cc(C(F)(F)F)c2)CN1C(=O)O. The number of hydrogen-bond acceptors (Lipinski definition) is 4. The van der Waals surface area contributed by atoms with Gasteiger partial charge in [0, 0.05) is 10.9 Å². The normalized spacial score (nSPS) is 20.8. The van der Waals surface area contributed by atoms with Crippen LogP contribution < -0.4 is 4.74 Å². The van der Waals surface area contributed by atoms with Crippen molar-refractivity contribution in [1.29, 1.82) is 0 Å². The molecule has 2 atom stereocenters. The molecule has 0 spiro atoms. The van der Waals surface area contributed by atoms with Gasteiger partial charge < -0.3 is 14.6 Å². The Bertz CT molecular complexity index is 652. The molecule has 1 fully saturated rings. The second kappa shape index (κ2) is 6.88. The van der Waals surface area contributed by atoms with Crippen LogP contribution in [0.3, 0.4) is 0 Å². The predicted molar refractivity (Wildman–Crippen MR) is 78.7 cm³/mol. The summed E-state index contributed by atoms with van der Waals surface area (Å²) >= 11 is 2.98. The zero-order valence-electron chi connectivity index (χ0n) is 12.3. The van der Waals surface area contributed by atoms with E-state index in [0.717, 1.165) is 24.1 Å². The van der Waals surface area contributed by atoms with Crippen LogP contribution in [0.25, 0.3) is 0 Å². The molecule has 0 radical (unpaired) electrons. The number of nitrogens with zero attached hydrogens (tertiary/aromatic N) is 1. The van der Waals surface area contributed by atoms with Gasteiger partial charge in [-0.15, -0.1) is 0 Å². The minimum Gasteiger partial charge on any atom is -0.488 e. The Kier molecular flexibility index (Phi) is 5.26. The number of alkyl halides is 3. The van der Waals surface area contributed by atoms with Gasteiger partial charge in [-0.3, -0.25) is 4.90 Å². The summed E-state index contributed by atoms with van der Waals surface area (Å²) in [5.74, 6) is -0.814. The molecule has 1 saturated heterocycles. The van der Waals surface area contributed by atoms with Gasteiger partial charge in [-0.2, -0.15) is 13.2 Å². The Morgan fingerprint density at radius 2 is 2.00 bits per heavy atom. The number of benzene rings is 1. The highest BCUT2D eigenvalue weighted by molar-refractivity contribution is 9.10. The Balaban J connectivity index is 2.19. The van der Waals surface area contributed by atoms with Crippen LogP contribution in [0.5, 0.6) is 5.75 Å². The highest BCUT2D eigenvalue weighted by atomic mass is 79.9. The number of halogens is 4. The Hall–Kier alpha value is -1.97. The molecule has 0 bridgehead atoms. The van der Waals surface area contributed by atoms with Gasteiger partial charge in [-0.05, 0) is 18.2 Å². The maximum atomic E-state index is 12.8. The van der Waals surface area contributed by atoms with E-state index in [-0.39, 0.29) is 23.2 Å². The van der Waals surface area contributed by atoms with Gasteiger partial charge in [0.2, 0.25) is 0 Å². The van der Waals surface area contributed by atoms with Gasteiger partial charge in [0.05, 0.1) is 19.2 Å². The molecule has 2 rings (SSSR count). The number of hydrogen-bond donors (Lipinski definition) is 1. The second-order valence-electron chi connectivity index (χ2n) is 5.12. The van der Waals surface area contributed by atoms with E-state index in [2.05, 4.69) is 20.7 Å². The van der Waals surface area contributed by atoms with E-state index in [1.165, 1.54) is 6.07 Å². The topological polar surface area (TPSA) is 76.1 Å². The third-order valence-electron chi connectivity index (χ3n) is 3.48. The number of carboxylic acid groups (broad SMARTS) is 1. The molecule has 0 saturated carbocycles. The van der Waals surface area contributed by atoms with Crippen LogP contribution in [-0.4, -0.2) is 47.9 Å². The van der Waals surface area contributed by atoms with Crippen LogP contribution >= 0.6 is 15.9 Å². The summed E-state index contributed by atoms with van der Waals surface area (Å²) in [5.41, 5.74) is -0.899. The molecule has 1 aliphatic heterocycles. The molecular weight excluding hydrogens is 399 g/mol. The monoisotopic (exact) mass is 411 g/mol. The third-order valence-corrected chi connectivity index (χ3v) is 3.94. The average molecular weight is 412 g/mol. The first kappa shape index (κ1) is 18.4. The predicted octanol–water partition coefficient (Wildman–Crippen LogP) is 3.14. The molecule has 0 unspecified atom stereocenters. The van der Waals surface area contributed by atoms with Crippen LogP contribution in [0.15, 0.2) is 22.7 Å². The minimum atomic E-state index is -4.54. The largest absolute Gasteiger partial charge is 0.488 e. The third kappa shape index (κ3) is 4.11. The fourth-order valence-electron chi connectivity index (χ4n) is 2.44. The molecule has 1 aliphatic rings. The molecule has 24 heavy (non-hydrogen) atoms.